The molecule has 0 bridgehead atoms. The molecular weight excluding hydrogens is 252 g/mol. The smallest absolute Gasteiger partial charge is 0.276 e. The minimum absolute atomic E-state index is 0.0169. The van der Waals surface area contributed by atoms with E-state index < -0.39 is 10.0 Å². The van der Waals surface area contributed by atoms with E-state index in [4.69, 9.17) is 10.2 Å². The van der Waals surface area contributed by atoms with Crippen molar-refractivity contribution in [2.75, 3.05) is 6.54 Å². The molecule has 1 aromatic heterocycles. The molecule has 0 aromatic carbocycles. The number of hydrogen-bond acceptors (Lipinski definition) is 4. The average Bonchev–Trinajstić information content (AvgIpc) is 2.88. The minimum Gasteiger partial charge on any atom is -0.447 e. The third kappa shape index (κ3) is 2.46. The molecule has 1 aliphatic heterocycles. The van der Waals surface area contributed by atoms with Gasteiger partial charge in [-0.15, -0.1) is 0 Å². The Balaban J connectivity index is 2.28. The van der Waals surface area contributed by atoms with Crippen molar-refractivity contribution < 1.29 is 12.8 Å². The van der Waals surface area contributed by atoms with E-state index in [-0.39, 0.29) is 17.7 Å². The Kier molecular flexibility index (Phi) is 4.09. The molecule has 0 aliphatic carbocycles. The third-order valence-electron chi connectivity index (χ3n) is 3.45. The Morgan fingerprint density at radius 1 is 1.44 bits per heavy atom. The maximum absolute atomic E-state index is 12.5. The number of sulfonamides is 1. The van der Waals surface area contributed by atoms with Gasteiger partial charge in [0.1, 0.15) is 5.76 Å². The molecule has 0 radical (unpaired) electrons. The summed E-state index contributed by atoms with van der Waals surface area (Å²) in [5, 5.41) is 0.0169. The molecule has 102 valence electrons. The molecule has 2 heterocycles. The second-order valence-electron chi connectivity index (χ2n) is 4.60. The van der Waals surface area contributed by atoms with Crippen LogP contribution < -0.4 is 5.73 Å². The summed E-state index contributed by atoms with van der Waals surface area (Å²) in [6.07, 6.45) is 3.78. The van der Waals surface area contributed by atoms with Gasteiger partial charge in [0.25, 0.3) is 10.0 Å². The summed E-state index contributed by atoms with van der Waals surface area (Å²) < 4.78 is 31.8. The van der Waals surface area contributed by atoms with Crippen molar-refractivity contribution in [2.24, 2.45) is 5.73 Å². The van der Waals surface area contributed by atoms with Crippen molar-refractivity contribution in [1.82, 2.24) is 4.31 Å². The Morgan fingerprint density at radius 2 is 2.22 bits per heavy atom. The lowest BCUT2D eigenvalue weighted by molar-refractivity contribution is 0.240. The fourth-order valence-electron chi connectivity index (χ4n) is 2.42. The first-order chi connectivity index (χ1) is 8.59. The van der Waals surface area contributed by atoms with E-state index in [9.17, 15) is 8.42 Å². The molecule has 0 spiro atoms. The van der Waals surface area contributed by atoms with Gasteiger partial charge in [-0.1, -0.05) is 13.3 Å². The molecule has 1 aromatic rings. The van der Waals surface area contributed by atoms with Gasteiger partial charge in [0.05, 0.1) is 6.54 Å². The van der Waals surface area contributed by atoms with Crippen LogP contribution in [0.2, 0.25) is 0 Å². The lowest BCUT2D eigenvalue weighted by atomic mass is 10.0. The summed E-state index contributed by atoms with van der Waals surface area (Å²) in [6, 6.07) is 3.21. The van der Waals surface area contributed by atoms with E-state index in [1.807, 2.05) is 6.92 Å². The maximum Gasteiger partial charge on any atom is 0.276 e. The monoisotopic (exact) mass is 272 g/mol. The number of nitrogens with two attached hydrogens (primary N) is 1. The molecule has 1 fully saturated rings. The van der Waals surface area contributed by atoms with Gasteiger partial charge in [0.2, 0.25) is 5.09 Å². The predicted octanol–water partition coefficient (Wildman–Crippen LogP) is 1.69. The molecule has 6 heteroatoms. The highest BCUT2D eigenvalue weighted by atomic mass is 32.2. The Morgan fingerprint density at radius 3 is 2.83 bits per heavy atom. The van der Waals surface area contributed by atoms with Gasteiger partial charge in [-0.05, 0) is 31.4 Å². The van der Waals surface area contributed by atoms with E-state index in [0.717, 1.165) is 25.7 Å². The topological polar surface area (TPSA) is 76.5 Å². The van der Waals surface area contributed by atoms with Gasteiger partial charge in [0, 0.05) is 12.6 Å². The van der Waals surface area contributed by atoms with Crippen LogP contribution in [0, 0.1) is 0 Å². The molecular formula is C12H20N2O3S. The number of rotatable bonds is 4. The van der Waals surface area contributed by atoms with Crippen LogP contribution >= 0.6 is 0 Å². The Bertz CT molecular complexity index is 495. The fraction of sp³-hybridized carbons (Fsp3) is 0.667. The number of furan rings is 1. The van der Waals surface area contributed by atoms with E-state index in [1.54, 1.807) is 10.4 Å². The highest BCUT2D eigenvalue weighted by Gasteiger charge is 2.34. The van der Waals surface area contributed by atoms with Gasteiger partial charge < -0.3 is 10.2 Å². The first kappa shape index (κ1) is 13.6. The molecule has 18 heavy (non-hydrogen) atoms. The zero-order chi connectivity index (χ0) is 13.2. The average molecular weight is 272 g/mol. The normalized spacial score (nSPS) is 22.2. The minimum atomic E-state index is -3.50. The van der Waals surface area contributed by atoms with Crippen LogP contribution in [0.1, 0.15) is 38.4 Å². The molecule has 1 unspecified atom stereocenters. The van der Waals surface area contributed by atoms with E-state index in [0.29, 0.717) is 12.3 Å². The van der Waals surface area contributed by atoms with Crippen LogP contribution in [-0.4, -0.2) is 25.3 Å². The lowest BCUT2D eigenvalue weighted by Crippen LogP contribution is -2.43. The molecule has 2 rings (SSSR count). The second-order valence-corrected chi connectivity index (χ2v) is 6.42. The highest BCUT2D eigenvalue weighted by molar-refractivity contribution is 7.89. The third-order valence-corrected chi connectivity index (χ3v) is 5.27. The largest absolute Gasteiger partial charge is 0.447 e. The lowest BCUT2D eigenvalue weighted by Gasteiger charge is -2.33. The first-order valence-corrected chi connectivity index (χ1v) is 7.84. The van der Waals surface area contributed by atoms with E-state index >= 15 is 0 Å². The van der Waals surface area contributed by atoms with Gasteiger partial charge in [-0.25, -0.2) is 8.42 Å². The predicted molar refractivity (Wildman–Crippen MR) is 68.4 cm³/mol. The SMILES string of the molecule is CCC1CCCCN1S(=O)(=O)c1ccc(CN)o1. The number of piperidine rings is 1. The summed E-state index contributed by atoms with van der Waals surface area (Å²) >= 11 is 0. The first-order valence-electron chi connectivity index (χ1n) is 6.40. The zero-order valence-corrected chi connectivity index (χ0v) is 11.4. The molecule has 2 N–H and O–H groups in total. The standard InChI is InChI=1S/C12H20N2O3S/c1-2-10-5-3-4-8-14(10)18(15,16)12-7-6-11(9-13)17-12/h6-7,10H,2-5,8-9,13H2,1H3. The van der Waals surface area contributed by atoms with E-state index in [1.165, 1.54) is 6.07 Å². The quantitative estimate of drug-likeness (QED) is 0.905. The van der Waals surface area contributed by atoms with Crippen LogP contribution in [0.25, 0.3) is 0 Å². The summed E-state index contributed by atoms with van der Waals surface area (Å²) in [5.74, 6) is 0.499. The molecule has 5 nitrogen and oxygen atoms in total. The molecule has 1 atom stereocenters. The van der Waals surface area contributed by atoms with Gasteiger partial charge >= 0.3 is 0 Å². The molecule has 1 saturated heterocycles. The summed E-state index contributed by atoms with van der Waals surface area (Å²) in [6.45, 7) is 2.82. The Hall–Kier alpha value is -0.850. The fourth-order valence-corrected chi connectivity index (χ4v) is 4.12. The zero-order valence-electron chi connectivity index (χ0n) is 10.6. The maximum atomic E-state index is 12.5. The summed E-state index contributed by atoms with van der Waals surface area (Å²) in [4.78, 5) is 0. The second kappa shape index (κ2) is 5.42. The van der Waals surface area contributed by atoms with Gasteiger partial charge in [0.15, 0.2) is 0 Å². The van der Waals surface area contributed by atoms with Crippen molar-refractivity contribution in [2.45, 2.75) is 50.3 Å². The summed E-state index contributed by atoms with van der Waals surface area (Å²) in [7, 11) is -3.50. The number of nitrogens with zero attached hydrogens (tertiary/aromatic N) is 1. The van der Waals surface area contributed by atoms with Crippen molar-refractivity contribution in [3.63, 3.8) is 0 Å². The van der Waals surface area contributed by atoms with Crippen molar-refractivity contribution >= 4 is 10.0 Å². The van der Waals surface area contributed by atoms with Crippen LogP contribution in [0.3, 0.4) is 0 Å². The Labute approximate surface area is 108 Å². The molecule has 0 saturated carbocycles. The number of hydrogen-bond donors (Lipinski definition) is 1. The van der Waals surface area contributed by atoms with Gasteiger partial charge in [-0.3, -0.25) is 0 Å². The van der Waals surface area contributed by atoms with Gasteiger partial charge in [-0.2, -0.15) is 4.31 Å². The molecule has 1 aliphatic rings. The highest BCUT2D eigenvalue weighted by Crippen LogP contribution is 2.27. The van der Waals surface area contributed by atoms with Crippen molar-refractivity contribution in [3.05, 3.63) is 17.9 Å². The molecule has 0 amide bonds. The van der Waals surface area contributed by atoms with Crippen LogP contribution in [0.5, 0.6) is 0 Å². The van der Waals surface area contributed by atoms with Crippen molar-refractivity contribution in [3.8, 4) is 0 Å². The van der Waals surface area contributed by atoms with E-state index in [2.05, 4.69) is 0 Å². The van der Waals surface area contributed by atoms with Crippen LogP contribution in [0.4, 0.5) is 0 Å². The van der Waals surface area contributed by atoms with Crippen molar-refractivity contribution in [1.29, 1.82) is 0 Å². The van der Waals surface area contributed by atoms with Crippen LogP contribution in [0.15, 0.2) is 21.6 Å². The summed E-state index contributed by atoms with van der Waals surface area (Å²) in [5.41, 5.74) is 5.44. The van der Waals surface area contributed by atoms with Crippen LogP contribution in [-0.2, 0) is 16.6 Å².